The Kier molecular flexibility index (Phi) is 3.09. The second-order valence-corrected chi connectivity index (χ2v) is 2.74. The van der Waals surface area contributed by atoms with Crippen LogP contribution in [-0.4, -0.2) is 13.8 Å². The average Bonchev–Trinajstić information content (AvgIpc) is 2.05. The minimum atomic E-state index is -0.300. The zero-order valence-electron chi connectivity index (χ0n) is 7.43. The van der Waals surface area contributed by atoms with Gasteiger partial charge in [-0.2, -0.15) is 0 Å². The third-order valence-corrected chi connectivity index (χ3v) is 1.84. The van der Waals surface area contributed by atoms with Gasteiger partial charge in [0.15, 0.2) is 0 Å². The second kappa shape index (κ2) is 4.10. The Morgan fingerprint density at radius 2 is 2.17 bits per heavy atom. The molecule has 0 heterocycles. The molecule has 0 saturated heterocycles. The van der Waals surface area contributed by atoms with E-state index in [0.717, 1.165) is 16.9 Å². The lowest BCUT2D eigenvalue weighted by molar-refractivity contribution is 0.411. The van der Waals surface area contributed by atoms with Crippen molar-refractivity contribution in [1.82, 2.24) is 0 Å². The first-order chi connectivity index (χ1) is 5.77. The average molecular weight is 168 g/mol. The van der Waals surface area contributed by atoms with Crippen molar-refractivity contribution in [3.8, 4) is 5.75 Å². The van der Waals surface area contributed by atoms with Gasteiger partial charge >= 0.3 is 0 Å². The van der Waals surface area contributed by atoms with Crippen LogP contribution in [-0.2, 0) is 6.42 Å². The molecule has 0 bridgehead atoms. The van der Waals surface area contributed by atoms with Gasteiger partial charge in [0, 0.05) is 6.42 Å². The quantitative estimate of drug-likeness (QED) is 0.673. The molecule has 12 heavy (non-hydrogen) atoms. The number of benzene rings is 1. The summed E-state index contributed by atoms with van der Waals surface area (Å²) in [6, 6.07) is 5.73. The molecule has 0 amide bonds. The highest BCUT2D eigenvalue weighted by molar-refractivity contribution is 5.36. The van der Waals surface area contributed by atoms with Gasteiger partial charge in [0.05, 0.1) is 13.8 Å². The second-order valence-electron chi connectivity index (χ2n) is 2.74. The number of methoxy groups -OCH3 is 1. The van der Waals surface area contributed by atoms with Crippen LogP contribution in [0.5, 0.6) is 5.75 Å². The number of aryl methyl sites for hydroxylation is 2. The van der Waals surface area contributed by atoms with Crippen LogP contribution in [0.25, 0.3) is 0 Å². The lowest BCUT2D eigenvalue weighted by atomic mass is 10.1. The summed E-state index contributed by atoms with van der Waals surface area (Å²) in [7, 11) is 1.64. The monoisotopic (exact) mass is 168 g/mol. The number of ether oxygens (including phenoxy) is 1. The number of alkyl halides is 1. The van der Waals surface area contributed by atoms with Gasteiger partial charge in [-0.05, 0) is 24.1 Å². The van der Waals surface area contributed by atoms with Crippen LogP contribution in [0.4, 0.5) is 4.39 Å². The summed E-state index contributed by atoms with van der Waals surface area (Å²) in [5.41, 5.74) is 2.08. The Hall–Kier alpha value is -1.05. The summed E-state index contributed by atoms with van der Waals surface area (Å²) in [6.07, 6.45) is 0.491. The molecule has 66 valence electrons. The van der Waals surface area contributed by atoms with Gasteiger partial charge in [0.2, 0.25) is 0 Å². The van der Waals surface area contributed by atoms with E-state index in [4.69, 9.17) is 4.74 Å². The van der Waals surface area contributed by atoms with E-state index in [1.54, 1.807) is 7.11 Å². The van der Waals surface area contributed by atoms with E-state index in [1.807, 2.05) is 25.1 Å². The predicted octanol–water partition coefficient (Wildman–Crippen LogP) is 2.52. The van der Waals surface area contributed by atoms with E-state index in [2.05, 4.69) is 0 Å². The van der Waals surface area contributed by atoms with E-state index in [-0.39, 0.29) is 6.67 Å². The number of hydrogen-bond acceptors (Lipinski definition) is 1. The standard InChI is InChI=1S/C10H13FO/c1-8-7-9(5-6-11)3-4-10(8)12-2/h3-4,7H,5-6H2,1-2H3. The minimum Gasteiger partial charge on any atom is -0.496 e. The maximum atomic E-state index is 12.0. The fourth-order valence-electron chi connectivity index (χ4n) is 1.21. The third-order valence-electron chi connectivity index (χ3n) is 1.84. The molecule has 1 nitrogen and oxygen atoms in total. The molecule has 0 aliphatic rings. The molecule has 0 aromatic heterocycles. The van der Waals surface area contributed by atoms with Gasteiger partial charge in [-0.25, -0.2) is 0 Å². The van der Waals surface area contributed by atoms with Crippen LogP contribution in [0.15, 0.2) is 18.2 Å². The highest BCUT2D eigenvalue weighted by Gasteiger charge is 1.98. The smallest absolute Gasteiger partial charge is 0.121 e. The number of rotatable bonds is 3. The first kappa shape index (κ1) is 9.04. The van der Waals surface area contributed by atoms with Crippen molar-refractivity contribution in [1.29, 1.82) is 0 Å². The molecule has 1 aromatic rings. The molecular formula is C10H13FO. The summed E-state index contributed by atoms with van der Waals surface area (Å²) in [5.74, 6) is 0.859. The highest BCUT2D eigenvalue weighted by atomic mass is 19.1. The Morgan fingerprint density at radius 3 is 2.67 bits per heavy atom. The Balaban J connectivity index is 2.86. The van der Waals surface area contributed by atoms with E-state index in [0.29, 0.717) is 6.42 Å². The first-order valence-electron chi connectivity index (χ1n) is 3.97. The Labute approximate surface area is 72.2 Å². The van der Waals surface area contributed by atoms with Crippen molar-refractivity contribution < 1.29 is 9.13 Å². The molecule has 1 aromatic carbocycles. The van der Waals surface area contributed by atoms with Crippen LogP contribution in [0.2, 0.25) is 0 Å². The van der Waals surface area contributed by atoms with Gasteiger partial charge in [-0.1, -0.05) is 12.1 Å². The lowest BCUT2D eigenvalue weighted by Gasteiger charge is -2.05. The maximum absolute atomic E-state index is 12.0. The zero-order chi connectivity index (χ0) is 8.97. The SMILES string of the molecule is COc1ccc(CCF)cc1C. The minimum absolute atomic E-state index is 0.300. The Morgan fingerprint density at radius 1 is 1.42 bits per heavy atom. The van der Waals surface area contributed by atoms with Crippen molar-refractivity contribution in [3.63, 3.8) is 0 Å². The van der Waals surface area contributed by atoms with Crippen molar-refractivity contribution in [2.24, 2.45) is 0 Å². The van der Waals surface area contributed by atoms with Gasteiger partial charge in [-0.15, -0.1) is 0 Å². The third kappa shape index (κ3) is 1.97. The maximum Gasteiger partial charge on any atom is 0.121 e. The lowest BCUT2D eigenvalue weighted by Crippen LogP contribution is -1.91. The first-order valence-corrected chi connectivity index (χ1v) is 3.97. The molecule has 2 heteroatoms. The van der Waals surface area contributed by atoms with Crippen molar-refractivity contribution in [3.05, 3.63) is 29.3 Å². The van der Waals surface area contributed by atoms with Crippen LogP contribution < -0.4 is 4.74 Å². The zero-order valence-corrected chi connectivity index (χ0v) is 7.43. The fourth-order valence-corrected chi connectivity index (χ4v) is 1.21. The molecule has 0 radical (unpaired) electrons. The fraction of sp³-hybridized carbons (Fsp3) is 0.400. The number of halogens is 1. The molecule has 0 aliphatic carbocycles. The van der Waals surface area contributed by atoms with Gasteiger partial charge in [0.1, 0.15) is 5.75 Å². The molecule has 0 aliphatic heterocycles. The topological polar surface area (TPSA) is 9.23 Å². The molecule has 1 rings (SSSR count). The van der Waals surface area contributed by atoms with Crippen LogP contribution in [0.3, 0.4) is 0 Å². The molecule has 0 atom stereocenters. The summed E-state index contributed by atoms with van der Waals surface area (Å²) < 4.78 is 17.0. The van der Waals surface area contributed by atoms with Crippen LogP contribution in [0.1, 0.15) is 11.1 Å². The summed E-state index contributed by atoms with van der Waals surface area (Å²) in [5, 5.41) is 0. The molecule has 0 saturated carbocycles. The number of hydrogen-bond donors (Lipinski definition) is 0. The van der Waals surface area contributed by atoms with Gasteiger partial charge < -0.3 is 4.74 Å². The van der Waals surface area contributed by atoms with Crippen molar-refractivity contribution in [2.75, 3.05) is 13.8 Å². The molecular weight excluding hydrogens is 155 g/mol. The van der Waals surface area contributed by atoms with Crippen LogP contribution in [0, 0.1) is 6.92 Å². The summed E-state index contributed by atoms with van der Waals surface area (Å²) in [6.45, 7) is 1.66. The van der Waals surface area contributed by atoms with Crippen molar-refractivity contribution in [2.45, 2.75) is 13.3 Å². The Bertz CT molecular complexity index is 258. The van der Waals surface area contributed by atoms with E-state index in [9.17, 15) is 4.39 Å². The van der Waals surface area contributed by atoms with Crippen LogP contribution >= 0.6 is 0 Å². The van der Waals surface area contributed by atoms with Crippen molar-refractivity contribution >= 4 is 0 Å². The largest absolute Gasteiger partial charge is 0.496 e. The van der Waals surface area contributed by atoms with E-state index >= 15 is 0 Å². The van der Waals surface area contributed by atoms with Gasteiger partial charge in [-0.3, -0.25) is 4.39 Å². The van der Waals surface area contributed by atoms with E-state index in [1.165, 1.54) is 0 Å². The molecule has 0 unspecified atom stereocenters. The van der Waals surface area contributed by atoms with E-state index < -0.39 is 0 Å². The molecule has 0 N–H and O–H groups in total. The normalized spacial score (nSPS) is 9.92. The predicted molar refractivity (Wildman–Crippen MR) is 47.4 cm³/mol. The van der Waals surface area contributed by atoms with Gasteiger partial charge in [0.25, 0.3) is 0 Å². The highest BCUT2D eigenvalue weighted by Crippen LogP contribution is 2.18. The summed E-state index contributed by atoms with van der Waals surface area (Å²) in [4.78, 5) is 0. The molecule has 0 fully saturated rings. The summed E-state index contributed by atoms with van der Waals surface area (Å²) >= 11 is 0. The molecule has 0 spiro atoms.